The summed E-state index contributed by atoms with van der Waals surface area (Å²) in [5, 5.41) is 13.1. The fraction of sp³-hybridized carbons (Fsp3) is 0.476. The molecule has 0 radical (unpaired) electrons. The lowest BCUT2D eigenvalue weighted by atomic mass is 9.79. The van der Waals surface area contributed by atoms with Crippen LogP contribution in [0.15, 0.2) is 24.3 Å². The second-order valence-electron chi connectivity index (χ2n) is 8.05. The molecule has 7 heteroatoms. The van der Waals surface area contributed by atoms with Gasteiger partial charge in [0.25, 0.3) is 0 Å². The number of hydrogen-bond donors (Lipinski definition) is 2. The molecule has 0 unspecified atom stereocenters. The molecule has 0 bridgehead atoms. The van der Waals surface area contributed by atoms with Gasteiger partial charge in [0.15, 0.2) is 0 Å². The summed E-state index contributed by atoms with van der Waals surface area (Å²) in [5.41, 5.74) is 3.73. The number of para-hydroxylation sites is 1. The van der Waals surface area contributed by atoms with Crippen molar-refractivity contribution in [3.05, 3.63) is 47.2 Å². The van der Waals surface area contributed by atoms with E-state index in [1.807, 2.05) is 7.05 Å². The SMILES string of the molecule is CC(=O)NC1CC(c2nnc(CN(C)Cc3[nH]c4ccccc4c3C)n2C)C1. The lowest BCUT2D eigenvalue weighted by molar-refractivity contribution is -0.120. The molecule has 1 saturated carbocycles. The molecule has 2 aromatic heterocycles. The van der Waals surface area contributed by atoms with Gasteiger partial charge < -0.3 is 14.9 Å². The molecule has 28 heavy (non-hydrogen) atoms. The molecule has 1 fully saturated rings. The van der Waals surface area contributed by atoms with Crippen molar-refractivity contribution in [1.82, 2.24) is 30.0 Å². The number of aromatic amines is 1. The Morgan fingerprint density at radius 3 is 2.75 bits per heavy atom. The van der Waals surface area contributed by atoms with Gasteiger partial charge in [0.1, 0.15) is 11.6 Å². The highest BCUT2D eigenvalue weighted by Crippen LogP contribution is 2.35. The molecule has 1 aromatic carbocycles. The second-order valence-corrected chi connectivity index (χ2v) is 8.05. The van der Waals surface area contributed by atoms with E-state index in [-0.39, 0.29) is 11.9 Å². The highest BCUT2D eigenvalue weighted by Gasteiger charge is 2.34. The molecular weight excluding hydrogens is 352 g/mol. The molecule has 2 N–H and O–H groups in total. The van der Waals surface area contributed by atoms with E-state index in [1.54, 1.807) is 6.92 Å². The summed E-state index contributed by atoms with van der Waals surface area (Å²) in [4.78, 5) is 17.0. The van der Waals surface area contributed by atoms with Crippen molar-refractivity contribution in [3.8, 4) is 0 Å². The van der Waals surface area contributed by atoms with Gasteiger partial charge >= 0.3 is 0 Å². The Kier molecular flexibility index (Phi) is 4.93. The van der Waals surface area contributed by atoms with Crippen LogP contribution < -0.4 is 5.32 Å². The van der Waals surface area contributed by atoms with E-state index in [1.165, 1.54) is 22.2 Å². The highest BCUT2D eigenvalue weighted by atomic mass is 16.1. The maximum atomic E-state index is 11.2. The molecule has 0 spiro atoms. The Bertz CT molecular complexity index is 998. The maximum absolute atomic E-state index is 11.2. The summed E-state index contributed by atoms with van der Waals surface area (Å²) in [6.45, 7) is 5.31. The molecule has 1 amide bonds. The van der Waals surface area contributed by atoms with Gasteiger partial charge in [-0.05, 0) is 38.4 Å². The zero-order valence-electron chi connectivity index (χ0n) is 17.0. The van der Waals surface area contributed by atoms with Crippen LogP contribution in [0.2, 0.25) is 0 Å². The first-order chi connectivity index (χ1) is 13.4. The fourth-order valence-corrected chi connectivity index (χ4v) is 4.17. The monoisotopic (exact) mass is 380 g/mol. The summed E-state index contributed by atoms with van der Waals surface area (Å²) in [7, 11) is 4.15. The van der Waals surface area contributed by atoms with Gasteiger partial charge in [-0.25, -0.2) is 0 Å². The van der Waals surface area contributed by atoms with E-state index in [9.17, 15) is 4.79 Å². The zero-order valence-corrected chi connectivity index (χ0v) is 17.0. The number of benzene rings is 1. The summed E-state index contributed by atoms with van der Waals surface area (Å²) in [5.74, 6) is 2.40. The van der Waals surface area contributed by atoms with Crippen molar-refractivity contribution in [1.29, 1.82) is 0 Å². The Morgan fingerprint density at radius 2 is 2.04 bits per heavy atom. The fourth-order valence-electron chi connectivity index (χ4n) is 4.17. The number of H-pyrrole nitrogens is 1. The van der Waals surface area contributed by atoms with E-state index in [4.69, 9.17) is 0 Å². The Labute approximate surface area is 165 Å². The molecular formula is C21H28N6O. The minimum Gasteiger partial charge on any atom is -0.357 e. The first-order valence-corrected chi connectivity index (χ1v) is 9.82. The Morgan fingerprint density at radius 1 is 1.29 bits per heavy atom. The van der Waals surface area contributed by atoms with Crippen LogP contribution in [0.25, 0.3) is 10.9 Å². The van der Waals surface area contributed by atoms with Crippen molar-refractivity contribution >= 4 is 16.8 Å². The zero-order chi connectivity index (χ0) is 19.8. The molecule has 4 rings (SSSR count). The number of hydrogen-bond acceptors (Lipinski definition) is 4. The van der Waals surface area contributed by atoms with Gasteiger partial charge in [-0.2, -0.15) is 0 Å². The summed E-state index contributed by atoms with van der Waals surface area (Å²) in [6, 6.07) is 8.69. The van der Waals surface area contributed by atoms with Crippen molar-refractivity contribution in [3.63, 3.8) is 0 Å². The lowest BCUT2D eigenvalue weighted by Crippen LogP contribution is -2.43. The standard InChI is InChI=1S/C21H28N6O/c1-13-17-7-5-6-8-18(17)23-19(13)11-26(3)12-20-24-25-21(27(20)4)15-9-16(10-15)22-14(2)28/h5-8,15-16,23H,9-12H2,1-4H3,(H,22,28). The van der Waals surface area contributed by atoms with E-state index < -0.39 is 0 Å². The predicted molar refractivity (Wildman–Crippen MR) is 109 cm³/mol. The number of aromatic nitrogens is 4. The highest BCUT2D eigenvalue weighted by molar-refractivity contribution is 5.84. The molecule has 0 atom stereocenters. The van der Waals surface area contributed by atoms with Crippen molar-refractivity contribution in [2.75, 3.05) is 7.05 Å². The average molecular weight is 380 g/mol. The van der Waals surface area contributed by atoms with Crippen LogP contribution >= 0.6 is 0 Å². The number of nitrogens with one attached hydrogen (secondary N) is 2. The van der Waals surface area contributed by atoms with Gasteiger partial charge in [-0.15, -0.1) is 10.2 Å². The van der Waals surface area contributed by atoms with Gasteiger partial charge in [0.2, 0.25) is 5.91 Å². The van der Waals surface area contributed by atoms with Crippen molar-refractivity contribution in [2.45, 2.75) is 51.7 Å². The van der Waals surface area contributed by atoms with Crippen LogP contribution in [0.5, 0.6) is 0 Å². The van der Waals surface area contributed by atoms with Gasteiger partial charge in [-0.1, -0.05) is 18.2 Å². The van der Waals surface area contributed by atoms with E-state index >= 15 is 0 Å². The van der Waals surface area contributed by atoms with Gasteiger partial charge in [0.05, 0.1) is 6.54 Å². The largest absolute Gasteiger partial charge is 0.357 e. The van der Waals surface area contributed by atoms with Crippen LogP contribution in [0.3, 0.4) is 0 Å². The van der Waals surface area contributed by atoms with Crippen molar-refractivity contribution in [2.24, 2.45) is 7.05 Å². The van der Waals surface area contributed by atoms with Crippen LogP contribution in [0.4, 0.5) is 0 Å². The van der Waals surface area contributed by atoms with Crippen LogP contribution in [0.1, 0.15) is 48.6 Å². The topological polar surface area (TPSA) is 78.8 Å². The van der Waals surface area contributed by atoms with Crippen LogP contribution in [0, 0.1) is 6.92 Å². The maximum Gasteiger partial charge on any atom is 0.217 e. The first-order valence-electron chi connectivity index (χ1n) is 9.82. The summed E-state index contributed by atoms with van der Waals surface area (Å²) >= 11 is 0. The predicted octanol–water partition coefficient (Wildman–Crippen LogP) is 2.62. The van der Waals surface area contributed by atoms with E-state index in [0.717, 1.165) is 37.6 Å². The van der Waals surface area contributed by atoms with Crippen molar-refractivity contribution < 1.29 is 4.79 Å². The molecule has 0 saturated heterocycles. The van der Waals surface area contributed by atoms with Gasteiger partial charge in [0, 0.05) is 49.1 Å². The third-order valence-electron chi connectivity index (χ3n) is 5.82. The smallest absolute Gasteiger partial charge is 0.217 e. The number of amides is 1. The summed E-state index contributed by atoms with van der Waals surface area (Å²) < 4.78 is 2.11. The quantitative estimate of drug-likeness (QED) is 0.689. The Hall–Kier alpha value is -2.67. The third kappa shape index (κ3) is 3.54. The number of rotatable bonds is 6. The minimum atomic E-state index is 0.0380. The first kappa shape index (κ1) is 18.7. The molecule has 3 aromatic rings. The Balaban J connectivity index is 1.40. The molecule has 1 aliphatic carbocycles. The van der Waals surface area contributed by atoms with E-state index in [2.05, 4.69) is 68.2 Å². The third-order valence-corrected chi connectivity index (χ3v) is 5.82. The number of nitrogens with zero attached hydrogens (tertiary/aromatic N) is 4. The molecule has 148 valence electrons. The number of fused-ring (bicyclic) bond motifs is 1. The average Bonchev–Trinajstić information content (AvgIpc) is 3.12. The molecule has 1 aliphatic rings. The summed E-state index contributed by atoms with van der Waals surface area (Å²) in [6.07, 6.45) is 1.88. The molecule has 2 heterocycles. The normalized spacial score (nSPS) is 19.2. The molecule has 7 nitrogen and oxygen atoms in total. The van der Waals surface area contributed by atoms with Gasteiger partial charge in [-0.3, -0.25) is 9.69 Å². The van der Waals surface area contributed by atoms with Crippen LogP contribution in [-0.2, 0) is 24.9 Å². The second kappa shape index (κ2) is 7.39. The van der Waals surface area contributed by atoms with E-state index in [0.29, 0.717) is 5.92 Å². The minimum absolute atomic E-state index is 0.0380. The number of carbonyl (C=O) groups is 1. The number of aryl methyl sites for hydroxylation is 1. The van der Waals surface area contributed by atoms with Crippen LogP contribution in [-0.4, -0.2) is 43.6 Å². The molecule has 0 aliphatic heterocycles. The lowest BCUT2D eigenvalue weighted by Gasteiger charge is -2.34. The number of carbonyl (C=O) groups excluding carboxylic acids is 1.